The van der Waals surface area contributed by atoms with Gasteiger partial charge in [0.15, 0.2) is 0 Å². The van der Waals surface area contributed by atoms with E-state index in [1.807, 2.05) is 76.5 Å². The van der Waals surface area contributed by atoms with Crippen LogP contribution in [0, 0.1) is 0 Å². The Hall–Kier alpha value is -3.12. The van der Waals surface area contributed by atoms with Crippen molar-refractivity contribution in [3.8, 4) is 5.75 Å². The van der Waals surface area contributed by atoms with Gasteiger partial charge in [0, 0.05) is 57.8 Å². The minimum absolute atomic E-state index is 0.121. The van der Waals surface area contributed by atoms with Crippen LogP contribution in [0.4, 0.5) is 0 Å². The van der Waals surface area contributed by atoms with Crippen LogP contribution >= 0.6 is 0 Å². The highest BCUT2D eigenvalue weighted by Gasteiger charge is 2.22. The molecule has 2 aromatic rings. The zero-order valence-electron chi connectivity index (χ0n) is 21.9. The van der Waals surface area contributed by atoms with Crippen LogP contribution in [-0.4, -0.2) is 79.4 Å². The number of unbranched alkanes of at least 4 members (excludes halogenated alkanes) is 2. The fourth-order valence-electron chi connectivity index (χ4n) is 4.48. The summed E-state index contributed by atoms with van der Waals surface area (Å²) in [4.78, 5) is 31.9. The molecule has 1 aliphatic heterocycles. The third kappa shape index (κ3) is 8.83. The predicted molar refractivity (Wildman–Crippen MR) is 146 cm³/mol. The molecule has 1 aliphatic rings. The summed E-state index contributed by atoms with van der Waals surface area (Å²) in [5, 5.41) is 0. The van der Waals surface area contributed by atoms with Gasteiger partial charge in [0.05, 0.1) is 13.5 Å². The van der Waals surface area contributed by atoms with Crippen molar-refractivity contribution in [2.45, 2.75) is 39.0 Å². The van der Waals surface area contributed by atoms with Gasteiger partial charge in [-0.2, -0.15) is 0 Å². The highest BCUT2D eigenvalue weighted by molar-refractivity contribution is 5.79. The molecule has 0 radical (unpaired) electrons. The van der Waals surface area contributed by atoms with E-state index in [-0.39, 0.29) is 11.8 Å². The van der Waals surface area contributed by atoms with E-state index in [0.717, 1.165) is 68.9 Å². The lowest BCUT2D eigenvalue weighted by Crippen LogP contribution is -2.50. The predicted octanol–water partition coefficient (Wildman–Crippen LogP) is 4.50. The summed E-state index contributed by atoms with van der Waals surface area (Å²) in [6.45, 7) is 7.43. The molecule has 194 valence electrons. The molecular formula is C30H41N3O3. The maximum absolute atomic E-state index is 13.2. The third-order valence-electron chi connectivity index (χ3n) is 6.72. The number of para-hydroxylation sites is 1. The van der Waals surface area contributed by atoms with Gasteiger partial charge < -0.3 is 14.5 Å². The SMILES string of the molecule is CCCCCC(=O)N1CCN(CCN(C/C=C/c2ccccc2OC)C(=O)Cc2ccccc2)CC1. The van der Waals surface area contributed by atoms with Crippen molar-refractivity contribution in [3.63, 3.8) is 0 Å². The first-order chi connectivity index (χ1) is 17.6. The summed E-state index contributed by atoms with van der Waals surface area (Å²) in [7, 11) is 1.67. The van der Waals surface area contributed by atoms with E-state index in [4.69, 9.17) is 4.74 Å². The van der Waals surface area contributed by atoms with Gasteiger partial charge in [-0.3, -0.25) is 14.5 Å². The molecule has 2 aromatic carbocycles. The Morgan fingerprint density at radius 2 is 1.69 bits per heavy atom. The first-order valence-corrected chi connectivity index (χ1v) is 13.2. The van der Waals surface area contributed by atoms with Crippen LogP contribution in [0.5, 0.6) is 5.75 Å². The Bertz CT molecular complexity index is 968. The molecule has 0 spiro atoms. The Morgan fingerprint density at radius 3 is 2.42 bits per heavy atom. The minimum atomic E-state index is 0.121. The van der Waals surface area contributed by atoms with Crippen LogP contribution in [0.2, 0.25) is 0 Å². The molecule has 0 aromatic heterocycles. The smallest absolute Gasteiger partial charge is 0.227 e. The maximum Gasteiger partial charge on any atom is 0.227 e. The van der Waals surface area contributed by atoms with Gasteiger partial charge in [-0.15, -0.1) is 0 Å². The molecule has 0 saturated carbocycles. The molecule has 6 heteroatoms. The molecule has 0 N–H and O–H groups in total. The maximum atomic E-state index is 13.2. The number of ether oxygens (including phenoxy) is 1. The van der Waals surface area contributed by atoms with Crippen LogP contribution < -0.4 is 4.74 Å². The van der Waals surface area contributed by atoms with E-state index in [2.05, 4.69) is 11.8 Å². The quantitative estimate of drug-likeness (QED) is 0.387. The molecule has 1 fully saturated rings. The number of piperazine rings is 1. The molecule has 0 unspecified atom stereocenters. The van der Waals surface area contributed by atoms with Crippen molar-refractivity contribution < 1.29 is 14.3 Å². The van der Waals surface area contributed by atoms with E-state index < -0.39 is 0 Å². The van der Waals surface area contributed by atoms with Crippen LogP contribution in [0.3, 0.4) is 0 Å². The van der Waals surface area contributed by atoms with Crippen molar-refractivity contribution in [3.05, 3.63) is 71.8 Å². The molecular weight excluding hydrogens is 450 g/mol. The third-order valence-corrected chi connectivity index (χ3v) is 6.72. The molecule has 0 bridgehead atoms. The number of carbonyl (C=O) groups excluding carboxylic acids is 2. The highest BCUT2D eigenvalue weighted by Crippen LogP contribution is 2.18. The van der Waals surface area contributed by atoms with Gasteiger partial charge in [-0.1, -0.05) is 80.4 Å². The van der Waals surface area contributed by atoms with Gasteiger partial charge in [-0.05, 0) is 18.1 Å². The van der Waals surface area contributed by atoms with E-state index in [0.29, 0.717) is 25.9 Å². The van der Waals surface area contributed by atoms with Crippen LogP contribution in [0.15, 0.2) is 60.7 Å². The molecule has 6 nitrogen and oxygen atoms in total. The summed E-state index contributed by atoms with van der Waals surface area (Å²) in [5.74, 6) is 1.22. The summed E-state index contributed by atoms with van der Waals surface area (Å²) in [6, 6.07) is 17.8. The largest absolute Gasteiger partial charge is 0.496 e. The highest BCUT2D eigenvalue weighted by atomic mass is 16.5. The molecule has 0 atom stereocenters. The molecule has 1 saturated heterocycles. The number of benzene rings is 2. The van der Waals surface area contributed by atoms with Crippen molar-refractivity contribution in [1.82, 2.24) is 14.7 Å². The van der Waals surface area contributed by atoms with Crippen LogP contribution in [0.25, 0.3) is 6.08 Å². The van der Waals surface area contributed by atoms with E-state index in [1.165, 1.54) is 0 Å². The second-order valence-corrected chi connectivity index (χ2v) is 9.33. The lowest BCUT2D eigenvalue weighted by atomic mass is 10.1. The fraction of sp³-hybridized carbons (Fsp3) is 0.467. The summed E-state index contributed by atoms with van der Waals surface area (Å²) < 4.78 is 5.44. The number of hydrogen-bond acceptors (Lipinski definition) is 4. The molecule has 2 amide bonds. The van der Waals surface area contributed by atoms with Crippen molar-refractivity contribution in [2.24, 2.45) is 0 Å². The summed E-state index contributed by atoms with van der Waals surface area (Å²) in [5.41, 5.74) is 2.02. The number of hydrogen-bond donors (Lipinski definition) is 0. The summed E-state index contributed by atoms with van der Waals surface area (Å²) in [6.07, 6.45) is 8.34. The number of carbonyl (C=O) groups is 2. The standard InChI is InChI=1S/C30H41N3O3/c1-3-4-6-17-29(34)33-23-20-31(21-24-33)19-22-32(30(35)25-26-12-7-5-8-13-26)18-11-15-27-14-9-10-16-28(27)36-2/h5,7-16H,3-4,6,17-25H2,1-2H3/b15-11+. The average molecular weight is 492 g/mol. The topological polar surface area (TPSA) is 53.1 Å². The van der Waals surface area contributed by atoms with Gasteiger partial charge in [0.2, 0.25) is 11.8 Å². The number of methoxy groups -OCH3 is 1. The van der Waals surface area contributed by atoms with Gasteiger partial charge in [0.1, 0.15) is 5.75 Å². The van der Waals surface area contributed by atoms with Crippen LogP contribution in [-0.2, 0) is 16.0 Å². The van der Waals surface area contributed by atoms with Crippen molar-refractivity contribution in [1.29, 1.82) is 0 Å². The zero-order valence-corrected chi connectivity index (χ0v) is 21.9. The lowest BCUT2D eigenvalue weighted by molar-refractivity contribution is -0.133. The lowest BCUT2D eigenvalue weighted by Gasteiger charge is -2.36. The van der Waals surface area contributed by atoms with E-state index >= 15 is 0 Å². The number of nitrogens with zero attached hydrogens (tertiary/aromatic N) is 3. The molecule has 1 heterocycles. The number of amides is 2. The molecule has 3 rings (SSSR count). The monoisotopic (exact) mass is 491 g/mol. The minimum Gasteiger partial charge on any atom is -0.496 e. The Labute approximate surface area is 216 Å². The number of rotatable bonds is 13. The van der Waals surface area contributed by atoms with E-state index in [1.54, 1.807) is 7.11 Å². The van der Waals surface area contributed by atoms with E-state index in [9.17, 15) is 9.59 Å². The second kappa shape index (κ2) is 15.1. The van der Waals surface area contributed by atoms with Gasteiger partial charge in [0.25, 0.3) is 0 Å². The summed E-state index contributed by atoms with van der Waals surface area (Å²) >= 11 is 0. The average Bonchev–Trinajstić information content (AvgIpc) is 2.91. The van der Waals surface area contributed by atoms with Crippen LogP contribution in [0.1, 0.15) is 43.7 Å². The molecule has 36 heavy (non-hydrogen) atoms. The Kier molecular flexibility index (Phi) is 11.5. The Balaban J connectivity index is 1.55. The van der Waals surface area contributed by atoms with Gasteiger partial charge >= 0.3 is 0 Å². The van der Waals surface area contributed by atoms with Crippen molar-refractivity contribution >= 4 is 17.9 Å². The first-order valence-electron chi connectivity index (χ1n) is 13.2. The second-order valence-electron chi connectivity index (χ2n) is 9.33. The first kappa shape index (κ1) is 27.5. The fourth-order valence-corrected chi connectivity index (χ4v) is 4.48. The van der Waals surface area contributed by atoms with Crippen molar-refractivity contribution in [2.75, 3.05) is 52.9 Å². The Morgan fingerprint density at radius 1 is 0.972 bits per heavy atom. The normalized spacial score (nSPS) is 14.2. The molecule has 0 aliphatic carbocycles. The zero-order chi connectivity index (χ0) is 25.6. The van der Waals surface area contributed by atoms with Gasteiger partial charge in [-0.25, -0.2) is 0 Å².